The van der Waals surface area contributed by atoms with E-state index in [4.69, 9.17) is 10.1 Å². The van der Waals surface area contributed by atoms with E-state index in [1.165, 1.54) is 12.8 Å². The molecule has 154 valence electrons. The van der Waals surface area contributed by atoms with Crippen LogP contribution in [0.15, 0.2) is 24.4 Å². The summed E-state index contributed by atoms with van der Waals surface area (Å²) in [6, 6.07) is 6.80. The fourth-order valence-corrected chi connectivity index (χ4v) is 5.62. The zero-order valence-corrected chi connectivity index (χ0v) is 17.0. The molecule has 2 aromatic heterocycles. The summed E-state index contributed by atoms with van der Waals surface area (Å²) in [5.74, 6) is 1.60. The lowest BCUT2D eigenvalue weighted by molar-refractivity contribution is -0.126. The van der Waals surface area contributed by atoms with Crippen LogP contribution in [-0.2, 0) is 17.6 Å². The summed E-state index contributed by atoms with van der Waals surface area (Å²) in [5, 5.41) is 17.4. The van der Waals surface area contributed by atoms with Crippen molar-refractivity contribution in [1.82, 2.24) is 25.0 Å². The van der Waals surface area contributed by atoms with Crippen molar-refractivity contribution in [2.75, 3.05) is 0 Å². The minimum Gasteiger partial charge on any atom is -0.351 e. The molecule has 4 heterocycles. The molecule has 2 saturated heterocycles. The highest BCUT2D eigenvalue weighted by Crippen LogP contribution is 2.39. The molecule has 1 unspecified atom stereocenters. The molecule has 1 saturated carbocycles. The van der Waals surface area contributed by atoms with Gasteiger partial charge in [-0.05, 0) is 69.1 Å². The Morgan fingerprint density at radius 2 is 2.10 bits per heavy atom. The molecule has 7 heteroatoms. The minimum absolute atomic E-state index is 0.0180. The van der Waals surface area contributed by atoms with Crippen LogP contribution in [0.25, 0.3) is 5.82 Å². The number of carbonyl (C=O) groups excluding carboxylic acids is 1. The smallest absolute Gasteiger partial charge is 0.223 e. The maximum absolute atomic E-state index is 13.0. The topological polar surface area (TPSA) is 86.8 Å². The number of aromatic nitrogens is 3. The van der Waals surface area contributed by atoms with Gasteiger partial charge in [-0.15, -0.1) is 0 Å². The first-order valence-corrected chi connectivity index (χ1v) is 11.2. The van der Waals surface area contributed by atoms with Crippen LogP contribution in [0.4, 0.5) is 0 Å². The van der Waals surface area contributed by atoms with Gasteiger partial charge in [-0.25, -0.2) is 9.67 Å². The Balaban J connectivity index is 1.15. The van der Waals surface area contributed by atoms with Crippen molar-refractivity contribution in [3.8, 4) is 12.0 Å². The van der Waals surface area contributed by atoms with E-state index in [-0.39, 0.29) is 23.9 Å². The van der Waals surface area contributed by atoms with E-state index < -0.39 is 0 Å². The first kappa shape index (κ1) is 17.9. The number of hydrogen-bond donors (Lipinski definition) is 1. The lowest BCUT2D eigenvalue weighted by Gasteiger charge is -2.26. The van der Waals surface area contributed by atoms with Crippen LogP contribution in [0.1, 0.15) is 61.4 Å². The zero-order valence-electron chi connectivity index (χ0n) is 17.0. The lowest BCUT2D eigenvalue weighted by atomic mass is 9.86. The SMILES string of the molecule is N#CN1[C@H]2CC[C@@H]1[C@H](NC(=O)C1CCc3nn(-c4cccc(C5CC5)n4)cc3C1)C2. The van der Waals surface area contributed by atoms with Crippen molar-refractivity contribution in [2.45, 2.75) is 75.4 Å². The summed E-state index contributed by atoms with van der Waals surface area (Å²) in [6.45, 7) is 0. The molecular formula is C23H26N6O. The number of carbonyl (C=O) groups is 1. The molecule has 4 aliphatic rings. The molecule has 0 radical (unpaired) electrons. The standard InChI is InChI=1S/C23H26N6O/c24-13-28-17-7-9-21(28)20(11-17)26-23(30)15-6-8-19-16(10-15)12-29(27-19)22-3-1-2-18(25-22)14-4-5-14/h1-3,12,14-15,17,20-21H,4-11H2,(H,26,30)/t15?,17-,20+,21+/m0/s1. The van der Waals surface area contributed by atoms with Gasteiger partial charge in [0.25, 0.3) is 0 Å². The van der Waals surface area contributed by atoms with Gasteiger partial charge in [0.05, 0.1) is 17.8 Å². The summed E-state index contributed by atoms with van der Waals surface area (Å²) < 4.78 is 1.89. The number of hydrogen-bond acceptors (Lipinski definition) is 5. The fourth-order valence-electron chi connectivity index (χ4n) is 5.62. The van der Waals surface area contributed by atoms with Gasteiger partial charge in [0.2, 0.25) is 5.91 Å². The predicted octanol–water partition coefficient (Wildman–Crippen LogP) is 2.45. The van der Waals surface area contributed by atoms with Crippen molar-refractivity contribution < 1.29 is 4.79 Å². The number of amides is 1. The van der Waals surface area contributed by atoms with E-state index in [9.17, 15) is 10.1 Å². The van der Waals surface area contributed by atoms with E-state index >= 15 is 0 Å². The van der Waals surface area contributed by atoms with Crippen LogP contribution in [0, 0.1) is 17.4 Å². The molecule has 2 aromatic rings. The molecule has 0 spiro atoms. The third kappa shape index (κ3) is 2.97. The molecule has 1 amide bonds. The number of rotatable bonds is 4. The van der Waals surface area contributed by atoms with Crippen LogP contribution in [0.5, 0.6) is 0 Å². The quantitative estimate of drug-likeness (QED) is 0.794. The molecule has 2 bridgehead atoms. The minimum atomic E-state index is -0.0180. The van der Waals surface area contributed by atoms with Gasteiger partial charge in [-0.2, -0.15) is 10.4 Å². The monoisotopic (exact) mass is 402 g/mol. The Bertz CT molecular complexity index is 1030. The van der Waals surface area contributed by atoms with Crippen molar-refractivity contribution >= 4 is 5.91 Å². The van der Waals surface area contributed by atoms with Gasteiger partial charge >= 0.3 is 0 Å². The molecule has 2 aliphatic heterocycles. The largest absolute Gasteiger partial charge is 0.351 e. The second-order valence-corrected chi connectivity index (χ2v) is 9.34. The molecule has 4 atom stereocenters. The number of nitrogens with one attached hydrogen (secondary N) is 1. The molecule has 3 fully saturated rings. The zero-order chi connectivity index (χ0) is 20.2. The third-order valence-electron chi connectivity index (χ3n) is 7.41. The summed E-state index contributed by atoms with van der Waals surface area (Å²) >= 11 is 0. The normalized spacial score (nSPS) is 29.5. The van der Waals surface area contributed by atoms with Crippen LogP contribution in [0.3, 0.4) is 0 Å². The molecule has 7 nitrogen and oxygen atoms in total. The van der Waals surface area contributed by atoms with Gasteiger partial charge in [0.15, 0.2) is 12.0 Å². The van der Waals surface area contributed by atoms with Gasteiger partial charge in [0.1, 0.15) is 0 Å². The van der Waals surface area contributed by atoms with Gasteiger partial charge in [-0.1, -0.05) is 6.07 Å². The molecular weight excluding hydrogens is 376 g/mol. The maximum Gasteiger partial charge on any atom is 0.223 e. The fraction of sp³-hybridized carbons (Fsp3) is 0.565. The van der Waals surface area contributed by atoms with E-state index in [0.717, 1.165) is 61.3 Å². The number of fused-ring (bicyclic) bond motifs is 3. The summed E-state index contributed by atoms with van der Waals surface area (Å²) in [6.07, 6.45) is 12.2. The summed E-state index contributed by atoms with van der Waals surface area (Å²) in [5.41, 5.74) is 3.41. The second kappa shape index (κ2) is 6.83. The first-order chi connectivity index (χ1) is 14.7. The molecule has 2 aliphatic carbocycles. The van der Waals surface area contributed by atoms with Gasteiger partial charge in [0, 0.05) is 29.8 Å². The van der Waals surface area contributed by atoms with Crippen molar-refractivity contribution in [1.29, 1.82) is 5.26 Å². The van der Waals surface area contributed by atoms with Crippen molar-refractivity contribution in [3.05, 3.63) is 41.3 Å². The molecule has 6 rings (SSSR count). The van der Waals surface area contributed by atoms with Gasteiger partial charge in [-0.3, -0.25) is 4.79 Å². The van der Waals surface area contributed by atoms with E-state index in [1.807, 2.05) is 15.6 Å². The third-order valence-corrected chi connectivity index (χ3v) is 7.41. The van der Waals surface area contributed by atoms with Crippen molar-refractivity contribution in [2.24, 2.45) is 5.92 Å². The molecule has 30 heavy (non-hydrogen) atoms. The maximum atomic E-state index is 13.0. The average molecular weight is 403 g/mol. The molecule has 0 aromatic carbocycles. The lowest BCUT2D eigenvalue weighted by Crippen LogP contribution is -2.46. The second-order valence-electron chi connectivity index (χ2n) is 9.34. The highest BCUT2D eigenvalue weighted by Gasteiger charge is 2.47. The summed E-state index contributed by atoms with van der Waals surface area (Å²) in [7, 11) is 0. The van der Waals surface area contributed by atoms with E-state index in [1.54, 1.807) is 0 Å². The predicted molar refractivity (Wildman–Crippen MR) is 110 cm³/mol. The van der Waals surface area contributed by atoms with E-state index in [2.05, 4.69) is 29.8 Å². The number of aryl methyl sites for hydroxylation is 1. The first-order valence-electron chi connectivity index (χ1n) is 11.2. The Morgan fingerprint density at radius 1 is 1.20 bits per heavy atom. The Hall–Kier alpha value is -2.88. The van der Waals surface area contributed by atoms with Crippen molar-refractivity contribution in [3.63, 3.8) is 0 Å². The summed E-state index contributed by atoms with van der Waals surface area (Å²) in [4.78, 5) is 19.7. The van der Waals surface area contributed by atoms with Crippen LogP contribution in [0.2, 0.25) is 0 Å². The number of nitrogens with zero attached hydrogens (tertiary/aromatic N) is 5. The Morgan fingerprint density at radius 3 is 2.90 bits per heavy atom. The molecule has 1 N–H and O–H groups in total. The van der Waals surface area contributed by atoms with Crippen LogP contribution >= 0.6 is 0 Å². The van der Waals surface area contributed by atoms with Crippen LogP contribution in [-0.4, -0.2) is 43.7 Å². The Labute approximate surface area is 176 Å². The van der Waals surface area contributed by atoms with Gasteiger partial charge < -0.3 is 10.2 Å². The number of pyridine rings is 1. The Kier molecular flexibility index (Phi) is 4.08. The highest BCUT2D eigenvalue weighted by atomic mass is 16.2. The highest BCUT2D eigenvalue weighted by molar-refractivity contribution is 5.79. The van der Waals surface area contributed by atoms with E-state index in [0.29, 0.717) is 12.0 Å². The number of nitriles is 1. The van der Waals surface area contributed by atoms with Crippen LogP contribution < -0.4 is 5.32 Å². The average Bonchev–Trinajstić information content (AvgIpc) is 3.30.